The number of amides is 2. The number of imide groups is 1. The first-order valence-corrected chi connectivity index (χ1v) is 12.5. The molecule has 194 valence electrons. The summed E-state index contributed by atoms with van der Waals surface area (Å²) >= 11 is 0. The molecule has 0 spiro atoms. The van der Waals surface area contributed by atoms with Crippen LogP contribution in [0.5, 0.6) is 5.75 Å². The van der Waals surface area contributed by atoms with Gasteiger partial charge in [-0.25, -0.2) is 0 Å². The topological polar surface area (TPSA) is 134 Å². The Labute approximate surface area is 211 Å². The fraction of sp³-hybridized carbons (Fsp3) is 0.577. The van der Waals surface area contributed by atoms with Crippen LogP contribution in [0.2, 0.25) is 0 Å². The monoisotopic (exact) mass is 499 g/mol. The van der Waals surface area contributed by atoms with Gasteiger partial charge in [-0.15, -0.1) is 0 Å². The van der Waals surface area contributed by atoms with Crippen LogP contribution < -0.4 is 0 Å². The highest BCUT2D eigenvalue weighted by Gasteiger charge is 2.57. The molecule has 2 fully saturated rings. The standard InChI is InChI=1S/C26H34BNO8/c1-14-9-16(10-15(2)24(14)31)20-12-18-22-19(11-17(13-35-3)23(18)27(34)36-20)25(32)28(26(22)33)8-6-4-5-7-21(29)30/h9-10,18-20,22,31,34H,4-8,11-13H2,1-3H3,(H,29,30)/t18-,19-,20-,22+/m0/s1. The Morgan fingerprint density at radius 1 is 1.14 bits per heavy atom. The zero-order chi connectivity index (χ0) is 26.1. The van der Waals surface area contributed by atoms with Crippen molar-refractivity contribution in [3.63, 3.8) is 0 Å². The number of carboxylic acid groups (broad SMARTS) is 1. The highest BCUT2D eigenvalue weighted by Crippen LogP contribution is 2.51. The smallest absolute Gasteiger partial charge is 0.487 e. The maximum absolute atomic E-state index is 13.5. The van der Waals surface area contributed by atoms with E-state index in [1.165, 1.54) is 4.90 Å². The summed E-state index contributed by atoms with van der Waals surface area (Å²) in [6.07, 6.45) is 2.01. The number of carbonyl (C=O) groups excluding carboxylic acids is 2. The first-order valence-electron chi connectivity index (χ1n) is 12.5. The summed E-state index contributed by atoms with van der Waals surface area (Å²) in [4.78, 5) is 39.0. The van der Waals surface area contributed by atoms with Gasteiger partial charge < -0.3 is 24.6 Å². The largest absolute Gasteiger partial charge is 0.507 e. The molecule has 0 aromatic heterocycles. The predicted molar refractivity (Wildman–Crippen MR) is 131 cm³/mol. The molecule has 2 saturated heterocycles. The Morgan fingerprint density at radius 2 is 1.83 bits per heavy atom. The molecule has 1 aromatic rings. The van der Waals surface area contributed by atoms with Crippen molar-refractivity contribution in [3.8, 4) is 5.75 Å². The Kier molecular flexibility index (Phi) is 7.87. The van der Waals surface area contributed by atoms with Crippen LogP contribution in [0.3, 0.4) is 0 Å². The number of allylic oxidation sites excluding steroid dienone is 1. The van der Waals surface area contributed by atoms with Crippen LogP contribution in [0, 0.1) is 31.6 Å². The van der Waals surface area contributed by atoms with E-state index in [1.807, 2.05) is 12.1 Å². The second-order valence-electron chi connectivity index (χ2n) is 10.2. The van der Waals surface area contributed by atoms with Crippen molar-refractivity contribution >= 4 is 24.9 Å². The number of benzene rings is 1. The van der Waals surface area contributed by atoms with Gasteiger partial charge in [0.25, 0.3) is 0 Å². The van der Waals surface area contributed by atoms with Crippen LogP contribution in [-0.2, 0) is 23.8 Å². The lowest BCUT2D eigenvalue weighted by Gasteiger charge is -2.42. The van der Waals surface area contributed by atoms with Gasteiger partial charge in [0, 0.05) is 20.1 Å². The molecule has 1 aliphatic carbocycles. The Balaban J connectivity index is 1.59. The molecular formula is C26H34BNO8. The van der Waals surface area contributed by atoms with Crippen molar-refractivity contribution in [3.05, 3.63) is 39.9 Å². The van der Waals surface area contributed by atoms with E-state index in [9.17, 15) is 24.5 Å². The van der Waals surface area contributed by atoms with E-state index in [0.29, 0.717) is 48.7 Å². The number of methoxy groups -OCH3 is 1. The summed E-state index contributed by atoms with van der Waals surface area (Å²) in [6.45, 7) is 4.12. The number of hydrogen-bond donors (Lipinski definition) is 3. The van der Waals surface area contributed by atoms with Crippen LogP contribution in [0.15, 0.2) is 23.2 Å². The third-order valence-electron chi connectivity index (χ3n) is 7.78. The van der Waals surface area contributed by atoms with Crippen LogP contribution in [0.1, 0.15) is 61.3 Å². The summed E-state index contributed by atoms with van der Waals surface area (Å²) in [5.41, 5.74) is 3.66. The summed E-state index contributed by atoms with van der Waals surface area (Å²) in [5, 5.41) is 30.1. The lowest BCUT2D eigenvalue weighted by atomic mass is 9.55. The van der Waals surface area contributed by atoms with Gasteiger partial charge in [0.05, 0.1) is 24.5 Å². The molecule has 0 saturated carbocycles. The number of aromatic hydroxyl groups is 1. The molecule has 0 bridgehead atoms. The summed E-state index contributed by atoms with van der Waals surface area (Å²) in [5.74, 6) is -2.53. The zero-order valence-corrected chi connectivity index (χ0v) is 21.0. The van der Waals surface area contributed by atoms with E-state index in [4.69, 9.17) is 14.5 Å². The molecule has 2 aliphatic heterocycles. The third-order valence-corrected chi connectivity index (χ3v) is 7.78. The molecule has 3 aliphatic rings. The molecule has 36 heavy (non-hydrogen) atoms. The van der Waals surface area contributed by atoms with Crippen molar-refractivity contribution in [2.75, 3.05) is 20.3 Å². The molecule has 1 aromatic carbocycles. The van der Waals surface area contributed by atoms with E-state index in [2.05, 4.69) is 0 Å². The summed E-state index contributed by atoms with van der Waals surface area (Å²) < 4.78 is 11.4. The SMILES string of the molecule is COCC1=C2B(O)O[C@H](c3cc(C)c(O)c(C)c3)C[C@H]2[C@H]2C(=O)N(CCCCCC(=O)O)C(=O)[C@H]2C1. The Morgan fingerprint density at radius 3 is 2.47 bits per heavy atom. The lowest BCUT2D eigenvalue weighted by molar-refractivity contribution is -0.141. The average molecular weight is 499 g/mol. The van der Waals surface area contributed by atoms with Gasteiger partial charge in [-0.1, -0.05) is 6.42 Å². The van der Waals surface area contributed by atoms with Gasteiger partial charge in [-0.05, 0) is 85.3 Å². The Hall–Kier alpha value is -2.69. The fourth-order valence-electron chi connectivity index (χ4n) is 6.12. The minimum Gasteiger partial charge on any atom is -0.507 e. The van der Waals surface area contributed by atoms with Crippen molar-refractivity contribution in [2.24, 2.45) is 17.8 Å². The molecule has 3 N–H and O–H groups in total. The van der Waals surface area contributed by atoms with E-state index in [1.54, 1.807) is 21.0 Å². The van der Waals surface area contributed by atoms with Gasteiger partial charge >= 0.3 is 13.1 Å². The van der Waals surface area contributed by atoms with Crippen molar-refractivity contribution in [1.82, 2.24) is 4.90 Å². The number of unbranched alkanes of at least 4 members (excludes halogenated alkanes) is 2. The average Bonchev–Trinajstić information content (AvgIpc) is 3.06. The molecule has 10 heteroatoms. The molecule has 2 heterocycles. The van der Waals surface area contributed by atoms with E-state index in [0.717, 1.165) is 11.1 Å². The summed E-state index contributed by atoms with van der Waals surface area (Å²) in [7, 11) is 0.336. The number of aliphatic carboxylic acids is 1. The second-order valence-corrected chi connectivity index (χ2v) is 10.2. The van der Waals surface area contributed by atoms with Crippen LogP contribution in [-0.4, -0.2) is 65.3 Å². The first-order chi connectivity index (χ1) is 17.1. The quantitative estimate of drug-likeness (QED) is 0.268. The number of nitrogens with zero attached hydrogens (tertiary/aromatic N) is 1. The van der Waals surface area contributed by atoms with Crippen molar-refractivity contribution in [2.45, 2.75) is 58.5 Å². The number of carboxylic acids is 1. The van der Waals surface area contributed by atoms with Gasteiger partial charge in [-0.2, -0.15) is 0 Å². The number of likely N-dealkylation sites (tertiary alicyclic amines) is 1. The highest BCUT2D eigenvalue weighted by molar-refractivity contribution is 6.53. The molecule has 4 atom stereocenters. The number of hydrogen-bond acceptors (Lipinski definition) is 7. The third kappa shape index (κ3) is 4.94. The number of phenolic OH excluding ortho intramolecular Hbond substituents is 1. The maximum Gasteiger partial charge on any atom is 0.487 e. The van der Waals surface area contributed by atoms with Crippen LogP contribution in [0.25, 0.3) is 0 Å². The molecule has 2 amide bonds. The second kappa shape index (κ2) is 10.7. The molecule has 0 radical (unpaired) electrons. The molecule has 0 unspecified atom stereocenters. The first kappa shape index (κ1) is 26.4. The number of carbonyl (C=O) groups is 3. The minimum absolute atomic E-state index is 0.0678. The van der Waals surface area contributed by atoms with Crippen LogP contribution in [0.4, 0.5) is 0 Å². The van der Waals surface area contributed by atoms with E-state index in [-0.39, 0.29) is 43.1 Å². The van der Waals surface area contributed by atoms with Crippen LogP contribution >= 0.6 is 0 Å². The number of ether oxygens (including phenoxy) is 1. The lowest BCUT2D eigenvalue weighted by Crippen LogP contribution is -2.45. The van der Waals surface area contributed by atoms with Gasteiger partial charge in [0.1, 0.15) is 5.75 Å². The maximum atomic E-state index is 13.5. The van der Waals surface area contributed by atoms with E-state index >= 15 is 0 Å². The summed E-state index contributed by atoms with van der Waals surface area (Å²) in [6, 6.07) is 3.66. The molecule has 4 rings (SSSR count). The van der Waals surface area contributed by atoms with Gasteiger partial charge in [-0.3, -0.25) is 19.3 Å². The molecule has 9 nitrogen and oxygen atoms in total. The zero-order valence-electron chi connectivity index (χ0n) is 21.0. The number of phenols is 1. The molecular weight excluding hydrogens is 465 g/mol. The van der Waals surface area contributed by atoms with Crippen molar-refractivity contribution in [1.29, 1.82) is 0 Å². The van der Waals surface area contributed by atoms with Crippen molar-refractivity contribution < 1.29 is 39.0 Å². The number of aryl methyl sites for hydroxylation is 2. The highest BCUT2D eigenvalue weighted by atomic mass is 16.5. The minimum atomic E-state index is -1.22. The van der Waals surface area contributed by atoms with E-state index < -0.39 is 31.0 Å². The number of fused-ring (bicyclic) bond motifs is 3. The Bertz CT molecular complexity index is 1060. The van der Waals surface area contributed by atoms with Gasteiger partial charge in [0.15, 0.2) is 0 Å². The number of rotatable bonds is 9. The normalized spacial score (nSPS) is 25.9. The van der Waals surface area contributed by atoms with Gasteiger partial charge in [0.2, 0.25) is 11.8 Å². The fourth-order valence-corrected chi connectivity index (χ4v) is 6.12. The predicted octanol–water partition coefficient (Wildman–Crippen LogP) is 2.70.